The van der Waals surface area contributed by atoms with Gasteiger partial charge in [-0.25, -0.2) is 0 Å². The van der Waals surface area contributed by atoms with Crippen LogP contribution in [0.1, 0.15) is 10.5 Å². The van der Waals surface area contributed by atoms with Crippen LogP contribution in [0.15, 0.2) is 48.5 Å². The average molecular weight is 384 g/mol. The highest BCUT2D eigenvalue weighted by atomic mass is 35.5. The fourth-order valence-electron chi connectivity index (χ4n) is 3.71. The zero-order valence-corrected chi connectivity index (χ0v) is 16.2. The molecule has 0 unspecified atom stereocenters. The molecule has 0 bridgehead atoms. The summed E-state index contributed by atoms with van der Waals surface area (Å²) in [6.07, 6.45) is 0. The van der Waals surface area contributed by atoms with Gasteiger partial charge >= 0.3 is 0 Å². The Morgan fingerprint density at radius 2 is 1.78 bits per heavy atom. The van der Waals surface area contributed by atoms with Crippen LogP contribution < -0.4 is 9.64 Å². The molecule has 0 saturated carbocycles. The SMILES string of the molecule is COc1ccccc1N1CCN(C(=O)c2cc3ccc(Cl)cc3n2C)CC1. The molecule has 4 rings (SSSR count). The predicted octanol–water partition coefficient (Wildman–Crippen LogP) is 3.80. The summed E-state index contributed by atoms with van der Waals surface area (Å²) in [7, 11) is 3.60. The third kappa shape index (κ3) is 3.23. The molecule has 1 aliphatic heterocycles. The third-order valence-corrected chi connectivity index (χ3v) is 5.45. The van der Waals surface area contributed by atoms with Crippen LogP contribution in [0.2, 0.25) is 5.02 Å². The van der Waals surface area contributed by atoms with Crippen molar-refractivity contribution in [2.24, 2.45) is 7.05 Å². The zero-order valence-electron chi connectivity index (χ0n) is 15.5. The normalized spacial score (nSPS) is 14.6. The van der Waals surface area contributed by atoms with E-state index in [1.165, 1.54) is 0 Å². The number of para-hydroxylation sites is 2. The highest BCUT2D eigenvalue weighted by Gasteiger charge is 2.25. The largest absolute Gasteiger partial charge is 0.495 e. The van der Waals surface area contributed by atoms with E-state index in [0.29, 0.717) is 23.8 Å². The smallest absolute Gasteiger partial charge is 0.270 e. The predicted molar refractivity (Wildman–Crippen MR) is 109 cm³/mol. The Labute approximate surface area is 163 Å². The lowest BCUT2D eigenvalue weighted by molar-refractivity contribution is 0.0737. The number of carbonyl (C=O) groups is 1. The summed E-state index contributed by atoms with van der Waals surface area (Å²) in [5, 5.41) is 1.70. The van der Waals surface area contributed by atoms with Gasteiger partial charge in [0.2, 0.25) is 0 Å². The van der Waals surface area contributed by atoms with Crippen LogP contribution in [0.25, 0.3) is 10.9 Å². The molecule has 3 aromatic rings. The molecule has 0 N–H and O–H groups in total. The molecule has 6 heteroatoms. The van der Waals surface area contributed by atoms with Gasteiger partial charge in [-0.2, -0.15) is 0 Å². The fourth-order valence-corrected chi connectivity index (χ4v) is 3.88. The van der Waals surface area contributed by atoms with Crippen LogP contribution in [-0.2, 0) is 7.05 Å². The van der Waals surface area contributed by atoms with E-state index in [9.17, 15) is 4.79 Å². The number of aromatic nitrogens is 1. The number of benzene rings is 2. The lowest BCUT2D eigenvalue weighted by atomic mass is 10.2. The second-order valence-corrected chi connectivity index (χ2v) is 7.18. The van der Waals surface area contributed by atoms with Crippen LogP contribution >= 0.6 is 11.6 Å². The van der Waals surface area contributed by atoms with Gasteiger partial charge in [0, 0.05) is 49.2 Å². The van der Waals surface area contributed by atoms with E-state index in [0.717, 1.165) is 35.4 Å². The van der Waals surface area contributed by atoms with E-state index in [1.54, 1.807) is 7.11 Å². The Morgan fingerprint density at radius 1 is 1.04 bits per heavy atom. The third-order valence-electron chi connectivity index (χ3n) is 5.22. The van der Waals surface area contributed by atoms with Crippen molar-refractivity contribution >= 4 is 34.1 Å². The molecule has 2 aromatic carbocycles. The number of amides is 1. The molecule has 0 atom stereocenters. The number of ether oxygens (including phenoxy) is 1. The van der Waals surface area contributed by atoms with Gasteiger partial charge in [0.15, 0.2) is 0 Å². The number of hydrogen-bond acceptors (Lipinski definition) is 3. The summed E-state index contributed by atoms with van der Waals surface area (Å²) < 4.78 is 7.39. The summed E-state index contributed by atoms with van der Waals surface area (Å²) in [5.41, 5.74) is 2.74. The summed E-state index contributed by atoms with van der Waals surface area (Å²) in [6.45, 7) is 2.92. The Morgan fingerprint density at radius 3 is 2.52 bits per heavy atom. The topological polar surface area (TPSA) is 37.7 Å². The molecule has 27 heavy (non-hydrogen) atoms. The molecule has 5 nitrogen and oxygen atoms in total. The lowest BCUT2D eigenvalue weighted by Crippen LogP contribution is -2.49. The second kappa shape index (κ2) is 7.16. The number of anilines is 1. The van der Waals surface area contributed by atoms with Gasteiger partial charge in [-0.3, -0.25) is 4.79 Å². The lowest BCUT2D eigenvalue weighted by Gasteiger charge is -2.36. The Hall–Kier alpha value is -2.66. The van der Waals surface area contributed by atoms with Crippen molar-refractivity contribution in [3.8, 4) is 5.75 Å². The minimum absolute atomic E-state index is 0.0597. The summed E-state index contributed by atoms with van der Waals surface area (Å²) in [5.74, 6) is 0.923. The molecule has 140 valence electrons. The highest BCUT2D eigenvalue weighted by molar-refractivity contribution is 6.31. The Bertz CT molecular complexity index is 990. The van der Waals surface area contributed by atoms with Crippen molar-refractivity contribution in [1.29, 1.82) is 0 Å². The molecular formula is C21H22ClN3O2. The maximum Gasteiger partial charge on any atom is 0.270 e. The number of nitrogens with zero attached hydrogens (tertiary/aromatic N) is 3. The average Bonchev–Trinajstić information content (AvgIpc) is 3.03. The number of piperazine rings is 1. The Kier molecular flexibility index (Phi) is 4.70. The zero-order chi connectivity index (χ0) is 19.0. The monoisotopic (exact) mass is 383 g/mol. The second-order valence-electron chi connectivity index (χ2n) is 6.74. The van der Waals surface area contributed by atoms with Crippen LogP contribution in [0.5, 0.6) is 5.75 Å². The van der Waals surface area contributed by atoms with Gasteiger partial charge in [0.25, 0.3) is 5.91 Å². The van der Waals surface area contributed by atoms with Crippen molar-refractivity contribution in [3.05, 3.63) is 59.2 Å². The molecule has 1 saturated heterocycles. The van der Waals surface area contributed by atoms with Crippen molar-refractivity contribution in [2.45, 2.75) is 0 Å². The maximum atomic E-state index is 13.1. The van der Waals surface area contributed by atoms with Crippen molar-refractivity contribution in [2.75, 3.05) is 38.2 Å². The Balaban J connectivity index is 1.51. The summed E-state index contributed by atoms with van der Waals surface area (Å²) in [4.78, 5) is 17.3. The van der Waals surface area contributed by atoms with Crippen molar-refractivity contribution < 1.29 is 9.53 Å². The number of rotatable bonds is 3. The van der Waals surface area contributed by atoms with E-state index in [2.05, 4.69) is 11.0 Å². The van der Waals surface area contributed by atoms with E-state index in [4.69, 9.17) is 16.3 Å². The van der Waals surface area contributed by atoms with Crippen LogP contribution in [0, 0.1) is 0 Å². The molecule has 0 aliphatic carbocycles. The number of aryl methyl sites for hydroxylation is 1. The van der Waals surface area contributed by atoms with Gasteiger partial charge in [-0.1, -0.05) is 29.8 Å². The molecule has 1 aliphatic rings. The first-order chi connectivity index (χ1) is 13.1. The summed E-state index contributed by atoms with van der Waals surface area (Å²) >= 11 is 6.10. The van der Waals surface area contributed by atoms with Gasteiger partial charge < -0.3 is 19.1 Å². The first kappa shape index (κ1) is 17.7. The molecule has 1 fully saturated rings. The van der Waals surface area contributed by atoms with Gasteiger partial charge in [0.05, 0.1) is 12.8 Å². The minimum atomic E-state index is 0.0597. The van der Waals surface area contributed by atoms with Gasteiger partial charge in [0.1, 0.15) is 11.4 Å². The maximum absolute atomic E-state index is 13.1. The van der Waals surface area contributed by atoms with E-state index in [-0.39, 0.29) is 5.91 Å². The van der Waals surface area contributed by atoms with Crippen LogP contribution in [0.4, 0.5) is 5.69 Å². The number of carbonyl (C=O) groups excluding carboxylic acids is 1. The van der Waals surface area contributed by atoms with Crippen LogP contribution in [0.3, 0.4) is 0 Å². The number of fused-ring (bicyclic) bond motifs is 1. The quantitative estimate of drug-likeness (QED) is 0.690. The van der Waals surface area contributed by atoms with Crippen LogP contribution in [-0.4, -0.2) is 48.7 Å². The highest BCUT2D eigenvalue weighted by Crippen LogP contribution is 2.29. The molecule has 2 heterocycles. The van der Waals surface area contributed by atoms with Gasteiger partial charge in [-0.05, 0) is 30.3 Å². The molecular weight excluding hydrogens is 362 g/mol. The minimum Gasteiger partial charge on any atom is -0.495 e. The molecule has 1 aromatic heterocycles. The standard InChI is InChI=1S/C21H22ClN3O2/c1-23-18-14-16(22)8-7-15(18)13-19(23)21(26)25-11-9-24(10-12-25)17-5-3-4-6-20(17)27-2/h3-8,13-14H,9-12H2,1-2H3. The molecule has 0 spiro atoms. The van der Waals surface area contributed by atoms with E-state index in [1.807, 2.05) is 59.0 Å². The first-order valence-corrected chi connectivity index (χ1v) is 9.38. The summed E-state index contributed by atoms with van der Waals surface area (Å²) in [6, 6.07) is 15.6. The van der Waals surface area contributed by atoms with Crippen molar-refractivity contribution in [3.63, 3.8) is 0 Å². The first-order valence-electron chi connectivity index (χ1n) is 9.00. The van der Waals surface area contributed by atoms with Crippen molar-refractivity contribution in [1.82, 2.24) is 9.47 Å². The number of halogens is 1. The van der Waals surface area contributed by atoms with E-state index >= 15 is 0 Å². The van der Waals surface area contributed by atoms with E-state index < -0.39 is 0 Å². The fraction of sp³-hybridized carbons (Fsp3) is 0.286. The van der Waals surface area contributed by atoms with Gasteiger partial charge in [-0.15, -0.1) is 0 Å². The number of hydrogen-bond donors (Lipinski definition) is 0. The molecule has 1 amide bonds. The number of methoxy groups -OCH3 is 1. The molecule has 0 radical (unpaired) electrons.